The molecule has 2 aromatic rings. The van der Waals surface area contributed by atoms with E-state index in [1.807, 2.05) is 26.0 Å². The van der Waals surface area contributed by atoms with E-state index in [-0.39, 0.29) is 16.6 Å². The molecule has 0 unspecified atom stereocenters. The largest absolute Gasteiger partial charge is 0.377 e. The van der Waals surface area contributed by atoms with Crippen LogP contribution >= 0.6 is 0 Å². The highest BCUT2D eigenvalue weighted by molar-refractivity contribution is 7.92. The van der Waals surface area contributed by atoms with Gasteiger partial charge in [-0.15, -0.1) is 0 Å². The molecule has 0 spiro atoms. The lowest BCUT2D eigenvalue weighted by atomic mass is 10.0. The summed E-state index contributed by atoms with van der Waals surface area (Å²) in [5.41, 5.74) is 2.37. The third-order valence-electron chi connectivity index (χ3n) is 5.67. The Morgan fingerprint density at radius 2 is 1.75 bits per heavy atom. The van der Waals surface area contributed by atoms with Crippen molar-refractivity contribution in [3.63, 3.8) is 0 Å². The SMILES string of the molecule is Cc1ccc(NS(=O)(=O)c2ccc(NC3CCN(CC(C)C)CC3)c([N+](=O)[O-])c2)c(C)c1. The van der Waals surface area contributed by atoms with Gasteiger partial charge in [-0.1, -0.05) is 31.5 Å². The van der Waals surface area contributed by atoms with Crippen LogP contribution in [-0.2, 0) is 10.0 Å². The van der Waals surface area contributed by atoms with Crippen molar-refractivity contribution in [2.75, 3.05) is 29.7 Å². The third-order valence-corrected chi connectivity index (χ3v) is 7.04. The zero-order chi connectivity index (χ0) is 23.5. The van der Waals surface area contributed by atoms with Crippen molar-refractivity contribution in [3.8, 4) is 0 Å². The van der Waals surface area contributed by atoms with Gasteiger partial charge in [0.15, 0.2) is 0 Å². The minimum absolute atomic E-state index is 0.118. The summed E-state index contributed by atoms with van der Waals surface area (Å²) in [7, 11) is -3.96. The summed E-state index contributed by atoms with van der Waals surface area (Å²) in [6, 6.07) is 9.53. The van der Waals surface area contributed by atoms with Gasteiger partial charge in [0.1, 0.15) is 5.69 Å². The fourth-order valence-corrected chi connectivity index (χ4v) is 5.23. The first kappa shape index (κ1) is 24.0. The second-order valence-corrected chi connectivity index (χ2v) is 10.7. The Bertz CT molecular complexity index is 1080. The van der Waals surface area contributed by atoms with Gasteiger partial charge in [0.2, 0.25) is 0 Å². The molecule has 1 heterocycles. The topological polar surface area (TPSA) is 105 Å². The van der Waals surface area contributed by atoms with E-state index >= 15 is 0 Å². The molecule has 2 N–H and O–H groups in total. The van der Waals surface area contributed by atoms with E-state index < -0.39 is 14.9 Å². The molecule has 1 aliphatic heterocycles. The molecule has 0 aromatic heterocycles. The summed E-state index contributed by atoms with van der Waals surface area (Å²) in [5, 5.41) is 15.0. The number of rotatable bonds is 8. The van der Waals surface area contributed by atoms with Gasteiger partial charge in [-0.3, -0.25) is 14.8 Å². The van der Waals surface area contributed by atoms with Crippen LogP contribution in [0.25, 0.3) is 0 Å². The number of nitro groups is 1. The maximum absolute atomic E-state index is 12.9. The Morgan fingerprint density at radius 1 is 1.09 bits per heavy atom. The summed E-state index contributed by atoms with van der Waals surface area (Å²) >= 11 is 0. The number of aryl methyl sites for hydroxylation is 2. The number of sulfonamides is 1. The standard InChI is InChI=1S/C23H32N4O4S/c1-16(2)15-26-11-9-19(10-12-26)24-22-8-6-20(14-23(22)27(28)29)32(30,31)25-21-7-5-17(3)13-18(21)4/h5-8,13-14,16,19,24-25H,9-12,15H2,1-4H3. The number of hydrogen-bond donors (Lipinski definition) is 2. The first-order valence-corrected chi connectivity index (χ1v) is 12.4. The summed E-state index contributed by atoms with van der Waals surface area (Å²) in [6.45, 7) is 11.1. The lowest BCUT2D eigenvalue weighted by Gasteiger charge is -2.33. The minimum atomic E-state index is -3.96. The number of anilines is 2. The number of nitrogens with zero attached hydrogens (tertiary/aromatic N) is 2. The smallest absolute Gasteiger partial charge is 0.293 e. The van der Waals surface area contributed by atoms with Crippen LogP contribution in [0.1, 0.15) is 37.8 Å². The highest BCUT2D eigenvalue weighted by Gasteiger charge is 2.25. The average molecular weight is 461 g/mol. The molecule has 32 heavy (non-hydrogen) atoms. The third kappa shape index (κ3) is 5.98. The van der Waals surface area contributed by atoms with Crippen LogP contribution < -0.4 is 10.0 Å². The number of hydrogen-bond acceptors (Lipinski definition) is 6. The summed E-state index contributed by atoms with van der Waals surface area (Å²) in [4.78, 5) is 13.4. The van der Waals surface area contributed by atoms with Crippen LogP contribution in [0.2, 0.25) is 0 Å². The van der Waals surface area contributed by atoms with E-state index in [2.05, 4.69) is 28.8 Å². The van der Waals surface area contributed by atoms with Crippen molar-refractivity contribution in [1.82, 2.24) is 4.90 Å². The van der Waals surface area contributed by atoms with Gasteiger partial charge in [-0.05, 0) is 56.4 Å². The molecule has 1 fully saturated rings. The summed E-state index contributed by atoms with van der Waals surface area (Å²) in [5.74, 6) is 0.604. The number of piperidine rings is 1. The van der Waals surface area contributed by atoms with Crippen molar-refractivity contribution >= 4 is 27.1 Å². The molecule has 1 saturated heterocycles. The molecular formula is C23H32N4O4S. The normalized spacial score (nSPS) is 15.7. The van der Waals surface area contributed by atoms with Crippen molar-refractivity contribution in [1.29, 1.82) is 0 Å². The molecule has 9 heteroatoms. The van der Waals surface area contributed by atoms with Gasteiger partial charge >= 0.3 is 0 Å². The molecule has 174 valence electrons. The highest BCUT2D eigenvalue weighted by Crippen LogP contribution is 2.31. The van der Waals surface area contributed by atoms with E-state index in [4.69, 9.17) is 0 Å². The Hall–Kier alpha value is -2.65. The molecule has 1 aliphatic rings. The van der Waals surface area contributed by atoms with Gasteiger partial charge in [0.25, 0.3) is 15.7 Å². The zero-order valence-electron chi connectivity index (χ0n) is 19.1. The molecule has 0 amide bonds. The molecule has 0 aliphatic carbocycles. The van der Waals surface area contributed by atoms with Crippen LogP contribution in [0.15, 0.2) is 41.3 Å². The van der Waals surface area contributed by atoms with E-state index in [0.29, 0.717) is 17.3 Å². The molecule has 0 radical (unpaired) electrons. The second kappa shape index (κ2) is 9.87. The predicted octanol–water partition coefficient (Wildman–Crippen LogP) is 4.54. The molecular weight excluding hydrogens is 428 g/mol. The van der Waals surface area contributed by atoms with Crippen LogP contribution in [0.5, 0.6) is 0 Å². The lowest BCUT2D eigenvalue weighted by Crippen LogP contribution is -2.40. The fraction of sp³-hybridized carbons (Fsp3) is 0.478. The van der Waals surface area contributed by atoms with Crippen LogP contribution in [0.3, 0.4) is 0 Å². The molecule has 3 rings (SSSR count). The lowest BCUT2D eigenvalue weighted by molar-refractivity contribution is -0.384. The van der Waals surface area contributed by atoms with Crippen molar-refractivity contribution in [2.24, 2.45) is 5.92 Å². The van der Waals surface area contributed by atoms with E-state index in [0.717, 1.165) is 49.7 Å². The predicted molar refractivity (Wildman–Crippen MR) is 128 cm³/mol. The van der Waals surface area contributed by atoms with E-state index in [1.165, 1.54) is 12.1 Å². The first-order chi connectivity index (χ1) is 15.0. The second-order valence-electron chi connectivity index (χ2n) is 8.97. The zero-order valence-corrected chi connectivity index (χ0v) is 19.9. The van der Waals surface area contributed by atoms with Gasteiger partial charge < -0.3 is 10.2 Å². The fourth-order valence-electron chi connectivity index (χ4n) is 4.08. The van der Waals surface area contributed by atoms with Gasteiger partial charge in [-0.2, -0.15) is 0 Å². The van der Waals surface area contributed by atoms with Crippen molar-refractivity contribution < 1.29 is 13.3 Å². The summed E-state index contributed by atoms with van der Waals surface area (Å²) < 4.78 is 28.3. The van der Waals surface area contributed by atoms with Crippen molar-refractivity contribution in [2.45, 2.75) is 51.5 Å². The minimum Gasteiger partial charge on any atom is -0.377 e. The Kier molecular flexibility index (Phi) is 7.40. The van der Waals surface area contributed by atoms with Crippen molar-refractivity contribution in [3.05, 3.63) is 57.6 Å². The van der Waals surface area contributed by atoms with Gasteiger partial charge in [-0.25, -0.2) is 8.42 Å². The van der Waals surface area contributed by atoms with Gasteiger partial charge in [0, 0.05) is 31.7 Å². The quantitative estimate of drug-likeness (QED) is 0.442. The number of nitro benzene ring substituents is 1. The van der Waals surface area contributed by atoms with E-state index in [9.17, 15) is 18.5 Å². The Morgan fingerprint density at radius 3 is 2.34 bits per heavy atom. The maximum Gasteiger partial charge on any atom is 0.293 e. The number of nitrogens with one attached hydrogen (secondary N) is 2. The average Bonchev–Trinajstić information content (AvgIpc) is 2.71. The molecule has 2 aromatic carbocycles. The number of benzene rings is 2. The Labute approximate surface area is 190 Å². The van der Waals surface area contributed by atoms with Crippen LogP contribution in [0.4, 0.5) is 17.1 Å². The molecule has 8 nitrogen and oxygen atoms in total. The molecule has 0 saturated carbocycles. The van der Waals surface area contributed by atoms with E-state index in [1.54, 1.807) is 6.07 Å². The Balaban J connectivity index is 1.76. The van der Waals surface area contributed by atoms with Crippen LogP contribution in [0, 0.1) is 29.9 Å². The summed E-state index contributed by atoms with van der Waals surface area (Å²) in [6.07, 6.45) is 1.77. The maximum atomic E-state index is 12.9. The first-order valence-electron chi connectivity index (χ1n) is 10.9. The highest BCUT2D eigenvalue weighted by atomic mass is 32.2. The van der Waals surface area contributed by atoms with Crippen LogP contribution in [-0.4, -0.2) is 43.9 Å². The molecule has 0 bridgehead atoms. The molecule has 0 atom stereocenters. The number of likely N-dealkylation sites (tertiary alicyclic amines) is 1. The monoisotopic (exact) mass is 460 g/mol. The van der Waals surface area contributed by atoms with Gasteiger partial charge in [0.05, 0.1) is 15.5 Å².